The fraction of sp³-hybridized carbons (Fsp3) is 0.560. The summed E-state index contributed by atoms with van der Waals surface area (Å²) in [4.78, 5) is 40.0. The highest BCUT2D eigenvalue weighted by atomic mass is 16.5. The summed E-state index contributed by atoms with van der Waals surface area (Å²) in [7, 11) is 1.42. The molecule has 0 fully saturated rings. The summed E-state index contributed by atoms with van der Waals surface area (Å²) in [6, 6.07) is 9.36. The fourth-order valence-electron chi connectivity index (χ4n) is 4.46. The van der Waals surface area contributed by atoms with Crippen LogP contribution in [0, 0.1) is 29.1 Å². The summed E-state index contributed by atoms with van der Waals surface area (Å²) < 4.78 is 5.36. The number of hydrogen-bond donors (Lipinski definition) is 4. The normalized spacial score (nSPS) is 16.3. The minimum Gasteiger partial charge on any atom is -0.374 e. The average Bonchev–Trinajstić information content (AvgIpc) is 2.80. The molecule has 0 saturated heterocycles. The lowest BCUT2D eigenvalue weighted by atomic mass is 9.60. The van der Waals surface area contributed by atoms with Crippen LogP contribution in [0.4, 0.5) is 0 Å². The van der Waals surface area contributed by atoms with Crippen LogP contribution < -0.4 is 16.7 Å². The van der Waals surface area contributed by atoms with Crippen LogP contribution in [0.2, 0.25) is 0 Å². The Hall–Kier alpha value is -2.55. The van der Waals surface area contributed by atoms with Gasteiger partial charge in [0.1, 0.15) is 6.10 Å². The van der Waals surface area contributed by atoms with Gasteiger partial charge >= 0.3 is 0 Å². The van der Waals surface area contributed by atoms with Crippen molar-refractivity contribution in [2.24, 2.45) is 34.9 Å². The number of benzene rings is 1. The van der Waals surface area contributed by atoms with E-state index in [9.17, 15) is 19.6 Å². The molecule has 8 nitrogen and oxygen atoms in total. The Kier molecular flexibility index (Phi) is 11.4. The van der Waals surface area contributed by atoms with Crippen molar-refractivity contribution >= 4 is 23.7 Å². The smallest absolute Gasteiger partial charge is 0.248 e. The van der Waals surface area contributed by atoms with E-state index >= 15 is 0 Å². The zero-order chi connectivity index (χ0) is 25.2. The summed E-state index contributed by atoms with van der Waals surface area (Å²) in [5, 5.41) is 9.67. The van der Waals surface area contributed by atoms with Crippen LogP contribution in [0.25, 0.3) is 6.08 Å². The van der Waals surface area contributed by atoms with Crippen LogP contribution in [0.15, 0.2) is 36.4 Å². The van der Waals surface area contributed by atoms with Crippen molar-refractivity contribution < 1.29 is 24.3 Å². The van der Waals surface area contributed by atoms with Gasteiger partial charge in [-0.25, -0.2) is 11.3 Å². The molecule has 1 aromatic carbocycles. The second-order valence-corrected chi connectivity index (χ2v) is 9.32. The van der Waals surface area contributed by atoms with Gasteiger partial charge in [-0.1, -0.05) is 70.2 Å². The van der Waals surface area contributed by atoms with Gasteiger partial charge in [-0.15, -0.1) is 0 Å². The number of rotatable bonds is 13. The zero-order valence-electron chi connectivity index (χ0n) is 20.5. The van der Waals surface area contributed by atoms with Gasteiger partial charge in [-0.05, 0) is 37.2 Å². The van der Waals surface area contributed by atoms with Crippen LogP contribution in [-0.4, -0.2) is 36.0 Å². The third kappa shape index (κ3) is 7.48. The van der Waals surface area contributed by atoms with Crippen molar-refractivity contribution in [3.63, 3.8) is 0 Å². The molecule has 1 aromatic rings. The molecule has 0 heterocycles. The molecule has 0 spiro atoms. The predicted molar refractivity (Wildman–Crippen MR) is 128 cm³/mol. The zero-order valence-corrected chi connectivity index (χ0v) is 20.5. The number of carbonyl (C=O) groups is 3. The lowest BCUT2D eigenvalue weighted by Gasteiger charge is -2.42. The number of amides is 2. The third-order valence-corrected chi connectivity index (χ3v) is 5.85. The molecule has 33 heavy (non-hydrogen) atoms. The van der Waals surface area contributed by atoms with Crippen molar-refractivity contribution in [3.8, 4) is 0 Å². The van der Waals surface area contributed by atoms with Crippen molar-refractivity contribution in [1.29, 1.82) is 0 Å². The minimum atomic E-state index is -1.45. The molecule has 0 saturated carbocycles. The van der Waals surface area contributed by atoms with E-state index in [1.807, 2.05) is 58.0 Å². The number of carbonyl (C=O) groups excluding carboxylic acids is 3. The molecule has 2 amide bonds. The fourth-order valence-corrected chi connectivity index (χ4v) is 4.46. The Bertz CT molecular complexity index is 810. The first-order valence-corrected chi connectivity index (χ1v) is 11.3. The van der Waals surface area contributed by atoms with Crippen LogP contribution in [-0.2, 0) is 19.1 Å². The second-order valence-electron chi connectivity index (χ2n) is 9.32. The van der Waals surface area contributed by atoms with Crippen molar-refractivity contribution in [2.45, 2.75) is 53.6 Å². The Labute approximate surface area is 196 Å². The Morgan fingerprint density at radius 2 is 1.67 bits per heavy atom. The van der Waals surface area contributed by atoms with Crippen molar-refractivity contribution in [2.75, 3.05) is 7.11 Å². The quantitative estimate of drug-likeness (QED) is 0.155. The van der Waals surface area contributed by atoms with E-state index in [4.69, 9.17) is 10.6 Å². The van der Waals surface area contributed by atoms with Gasteiger partial charge in [0.2, 0.25) is 11.8 Å². The Morgan fingerprint density at radius 3 is 2.12 bits per heavy atom. The highest BCUT2D eigenvalue weighted by molar-refractivity contribution is 5.98. The van der Waals surface area contributed by atoms with Crippen LogP contribution in [0.1, 0.15) is 53.0 Å². The third-order valence-electron chi connectivity index (χ3n) is 5.85. The lowest BCUT2D eigenvalue weighted by Crippen LogP contribution is -2.55. The molecule has 184 valence electrons. The number of nitrogens with one attached hydrogen (secondary N) is 2. The van der Waals surface area contributed by atoms with Crippen LogP contribution in [0.3, 0.4) is 0 Å². The van der Waals surface area contributed by atoms with E-state index < -0.39 is 35.2 Å². The number of ketones is 1. The Morgan fingerprint density at radius 1 is 1.06 bits per heavy atom. The Balaban J connectivity index is 3.92. The molecular formula is C25H39N3O5. The molecule has 5 N–H and O–H groups in total. The van der Waals surface area contributed by atoms with Gasteiger partial charge in [0.25, 0.3) is 0 Å². The molecule has 1 unspecified atom stereocenters. The highest BCUT2D eigenvalue weighted by Crippen LogP contribution is 2.45. The molecule has 0 aromatic heterocycles. The van der Waals surface area contributed by atoms with Gasteiger partial charge in [0.05, 0.1) is 17.3 Å². The highest BCUT2D eigenvalue weighted by Gasteiger charge is 2.53. The average molecular weight is 462 g/mol. The van der Waals surface area contributed by atoms with Crippen LogP contribution >= 0.6 is 0 Å². The first-order chi connectivity index (χ1) is 15.5. The summed E-state index contributed by atoms with van der Waals surface area (Å²) in [6.45, 7) is 9.30. The molecule has 0 aliphatic carbocycles. The molecule has 1 rings (SSSR count). The number of hydrazine groups is 1. The number of hydrogen-bond acceptors (Lipinski definition) is 6. The number of hydroxylamine groups is 1. The van der Waals surface area contributed by atoms with E-state index in [0.29, 0.717) is 0 Å². The maximum absolute atomic E-state index is 13.9. The molecule has 0 bridgehead atoms. The molecule has 0 radical (unpaired) electrons. The number of ether oxygens (including phenoxy) is 1. The monoisotopic (exact) mass is 461 g/mol. The first kappa shape index (κ1) is 28.5. The van der Waals surface area contributed by atoms with E-state index in [2.05, 4.69) is 5.43 Å². The molecule has 0 aliphatic heterocycles. The first-order valence-electron chi connectivity index (χ1n) is 11.3. The number of allylic oxidation sites excluding steroid dienone is 1. The van der Waals surface area contributed by atoms with Gasteiger partial charge in [0.15, 0.2) is 5.78 Å². The van der Waals surface area contributed by atoms with Crippen LogP contribution in [0.5, 0.6) is 0 Å². The number of nitrogens with two attached hydrogens (primary N) is 1. The largest absolute Gasteiger partial charge is 0.374 e. The number of methoxy groups -OCH3 is 1. The van der Waals surface area contributed by atoms with E-state index in [0.717, 1.165) is 5.56 Å². The summed E-state index contributed by atoms with van der Waals surface area (Å²) in [5.41, 5.74) is 3.23. The molecule has 4 atom stereocenters. The maximum Gasteiger partial charge on any atom is 0.248 e. The van der Waals surface area contributed by atoms with E-state index in [1.165, 1.54) is 7.11 Å². The molecule has 8 heteroatoms. The topological polar surface area (TPSA) is 131 Å². The number of Topliss-reactive ketones (excluding diaryl/α,β-unsaturated/α-hetero) is 1. The van der Waals surface area contributed by atoms with Gasteiger partial charge in [0, 0.05) is 7.11 Å². The van der Waals surface area contributed by atoms with E-state index in [1.54, 1.807) is 24.6 Å². The van der Waals surface area contributed by atoms with E-state index in [-0.39, 0.29) is 30.5 Å². The van der Waals surface area contributed by atoms with Gasteiger partial charge in [-0.3, -0.25) is 25.0 Å². The van der Waals surface area contributed by atoms with Crippen molar-refractivity contribution in [1.82, 2.24) is 10.9 Å². The SMILES string of the molecule is CO[C@H](C)C(=O)C(C=Cc1ccccc1)(CC(C)C)[C@@H](C(=O)NO)[C@@H](CC(C)C)C(=O)NN. The van der Waals surface area contributed by atoms with Gasteiger partial charge < -0.3 is 4.74 Å². The van der Waals surface area contributed by atoms with Gasteiger partial charge in [-0.2, -0.15) is 0 Å². The summed E-state index contributed by atoms with van der Waals surface area (Å²) >= 11 is 0. The lowest BCUT2D eigenvalue weighted by molar-refractivity contribution is -0.154. The maximum atomic E-state index is 13.9. The molecule has 0 aliphatic rings. The predicted octanol–water partition coefficient (Wildman–Crippen LogP) is 3.11. The summed E-state index contributed by atoms with van der Waals surface area (Å²) in [6.07, 6.45) is 3.16. The summed E-state index contributed by atoms with van der Waals surface area (Å²) in [5.74, 6) is 1.55. The second kappa shape index (κ2) is 13.2. The molecular weight excluding hydrogens is 422 g/mol. The minimum absolute atomic E-state index is 0.0195. The standard InChI is InChI=1S/C25H39N3O5/c1-16(2)14-20(23(30)27-26)21(24(31)28-32)25(15-17(3)4,22(29)18(5)33-6)13-12-19-10-8-7-9-11-19/h7-13,16-18,20-21,32H,14-15,26H2,1-6H3,(H,27,30)(H,28,31)/t18-,20-,21-,25?/m1/s1. The van der Waals surface area contributed by atoms with Crippen molar-refractivity contribution in [3.05, 3.63) is 42.0 Å².